The van der Waals surface area contributed by atoms with Gasteiger partial charge in [-0.3, -0.25) is 14.5 Å². The fourth-order valence-corrected chi connectivity index (χ4v) is 3.01. The summed E-state index contributed by atoms with van der Waals surface area (Å²) in [6, 6.07) is 2.83. The number of carbonyl (C=O) groups excluding carboxylic acids is 3. The molecule has 0 aliphatic carbocycles. The Morgan fingerprint density at radius 2 is 2.21 bits per heavy atom. The van der Waals surface area contributed by atoms with E-state index in [0.29, 0.717) is 9.21 Å². The van der Waals surface area contributed by atoms with E-state index in [0.717, 1.165) is 4.90 Å². The van der Waals surface area contributed by atoms with Gasteiger partial charge in [0.2, 0.25) is 5.91 Å². The summed E-state index contributed by atoms with van der Waals surface area (Å²) in [4.78, 5) is 36.5. The number of halogens is 1. The number of thiophene rings is 1. The molecule has 4 amide bonds. The molecule has 3 N–H and O–H groups in total. The van der Waals surface area contributed by atoms with Gasteiger partial charge in [0.15, 0.2) is 5.54 Å². The molecule has 102 valence electrons. The number of amides is 4. The van der Waals surface area contributed by atoms with Gasteiger partial charge in [-0.15, -0.1) is 11.3 Å². The molecule has 0 saturated carbocycles. The van der Waals surface area contributed by atoms with E-state index in [1.807, 2.05) is 0 Å². The molecule has 1 saturated heterocycles. The molecular formula is C11H12ClN3O3S. The SMILES string of the molecule is C[C@]1(c2ccc(Cl)s2)NC(=O)N(CCC(N)=O)C1=O. The molecule has 1 aromatic heterocycles. The molecule has 2 heterocycles. The van der Waals surface area contributed by atoms with Gasteiger partial charge in [0.25, 0.3) is 5.91 Å². The minimum absolute atomic E-state index is 0.0191. The van der Waals surface area contributed by atoms with Gasteiger partial charge in [-0.05, 0) is 19.1 Å². The van der Waals surface area contributed by atoms with Crippen LogP contribution >= 0.6 is 22.9 Å². The minimum atomic E-state index is -1.13. The maximum absolute atomic E-state index is 12.3. The van der Waals surface area contributed by atoms with Crippen LogP contribution in [0.4, 0.5) is 4.79 Å². The summed E-state index contributed by atoms with van der Waals surface area (Å²) < 4.78 is 0.536. The number of nitrogens with one attached hydrogen (secondary N) is 1. The van der Waals surface area contributed by atoms with Gasteiger partial charge in [0, 0.05) is 17.8 Å². The van der Waals surface area contributed by atoms with Gasteiger partial charge >= 0.3 is 6.03 Å². The number of primary amides is 1. The van der Waals surface area contributed by atoms with Crippen LogP contribution in [0, 0.1) is 0 Å². The lowest BCUT2D eigenvalue weighted by molar-refractivity contribution is -0.131. The van der Waals surface area contributed by atoms with Crippen LogP contribution in [0.3, 0.4) is 0 Å². The largest absolute Gasteiger partial charge is 0.370 e. The molecule has 0 unspecified atom stereocenters. The van der Waals surface area contributed by atoms with Crippen molar-refractivity contribution < 1.29 is 14.4 Å². The predicted molar refractivity (Wildman–Crippen MR) is 70.7 cm³/mol. The molecule has 1 atom stereocenters. The summed E-state index contributed by atoms with van der Waals surface area (Å²) in [5, 5.41) is 2.62. The second-order valence-corrected chi connectivity index (χ2v) is 6.05. The minimum Gasteiger partial charge on any atom is -0.370 e. The van der Waals surface area contributed by atoms with E-state index in [-0.39, 0.29) is 13.0 Å². The zero-order valence-electron chi connectivity index (χ0n) is 10.1. The number of nitrogens with two attached hydrogens (primary N) is 1. The highest BCUT2D eigenvalue weighted by molar-refractivity contribution is 7.16. The van der Waals surface area contributed by atoms with E-state index in [1.165, 1.54) is 11.3 Å². The molecule has 2 rings (SSSR count). The molecule has 1 aliphatic rings. The maximum atomic E-state index is 12.3. The molecule has 0 radical (unpaired) electrons. The Kier molecular flexibility index (Phi) is 3.51. The number of nitrogens with zero attached hydrogens (tertiary/aromatic N) is 1. The van der Waals surface area contributed by atoms with E-state index < -0.39 is 23.4 Å². The van der Waals surface area contributed by atoms with Gasteiger partial charge in [-0.2, -0.15) is 0 Å². The van der Waals surface area contributed by atoms with Crippen LogP contribution in [0.2, 0.25) is 4.34 Å². The van der Waals surface area contributed by atoms with Crippen molar-refractivity contribution in [1.82, 2.24) is 10.2 Å². The van der Waals surface area contributed by atoms with Crippen LogP contribution < -0.4 is 11.1 Å². The van der Waals surface area contributed by atoms with Gasteiger partial charge < -0.3 is 11.1 Å². The molecule has 6 nitrogen and oxygen atoms in total. The lowest BCUT2D eigenvalue weighted by atomic mass is 10.0. The number of urea groups is 1. The molecule has 0 bridgehead atoms. The molecule has 1 aliphatic heterocycles. The lowest BCUT2D eigenvalue weighted by Crippen LogP contribution is -2.40. The topological polar surface area (TPSA) is 92.5 Å². The number of imide groups is 1. The van der Waals surface area contributed by atoms with Gasteiger partial charge in [0.1, 0.15) is 0 Å². The summed E-state index contributed by atoms with van der Waals surface area (Å²) in [7, 11) is 0. The Labute approximate surface area is 118 Å². The first-order valence-electron chi connectivity index (χ1n) is 5.53. The van der Waals surface area contributed by atoms with Crippen molar-refractivity contribution in [1.29, 1.82) is 0 Å². The third kappa shape index (κ3) is 2.43. The maximum Gasteiger partial charge on any atom is 0.325 e. The van der Waals surface area contributed by atoms with E-state index in [1.54, 1.807) is 19.1 Å². The quantitative estimate of drug-likeness (QED) is 0.814. The van der Waals surface area contributed by atoms with E-state index in [2.05, 4.69) is 5.32 Å². The average Bonchev–Trinajstić information content (AvgIpc) is 2.83. The van der Waals surface area contributed by atoms with Crippen LogP contribution in [0.15, 0.2) is 12.1 Å². The molecule has 0 spiro atoms. The monoisotopic (exact) mass is 301 g/mol. The van der Waals surface area contributed by atoms with E-state index in [9.17, 15) is 14.4 Å². The van der Waals surface area contributed by atoms with Crippen molar-refractivity contribution in [2.45, 2.75) is 18.9 Å². The van der Waals surface area contributed by atoms with Gasteiger partial charge in [-0.1, -0.05) is 11.6 Å². The lowest BCUT2D eigenvalue weighted by Gasteiger charge is -2.19. The highest BCUT2D eigenvalue weighted by Gasteiger charge is 2.49. The second kappa shape index (κ2) is 4.82. The highest BCUT2D eigenvalue weighted by Crippen LogP contribution is 2.35. The molecule has 0 aromatic carbocycles. The molecule has 19 heavy (non-hydrogen) atoms. The Hall–Kier alpha value is -1.60. The van der Waals surface area contributed by atoms with Crippen molar-refractivity contribution in [2.24, 2.45) is 5.73 Å². The highest BCUT2D eigenvalue weighted by atomic mass is 35.5. The third-order valence-corrected chi connectivity index (χ3v) is 4.38. The third-order valence-electron chi connectivity index (χ3n) is 2.92. The summed E-state index contributed by atoms with van der Waals surface area (Å²) in [6.45, 7) is 1.59. The first-order valence-corrected chi connectivity index (χ1v) is 6.72. The Morgan fingerprint density at radius 3 is 2.74 bits per heavy atom. The molecule has 1 fully saturated rings. The molecular weight excluding hydrogens is 290 g/mol. The van der Waals surface area contributed by atoms with Gasteiger partial charge in [0.05, 0.1) is 4.34 Å². The standard InChI is InChI=1S/C11H12ClN3O3S/c1-11(6-2-3-7(12)19-6)9(17)15(10(18)14-11)5-4-8(13)16/h2-3H,4-5H2,1H3,(H2,13,16)(H,14,18)/t11-/m1/s1. The number of hydrogen-bond donors (Lipinski definition) is 2. The van der Waals surface area contributed by atoms with E-state index in [4.69, 9.17) is 17.3 Å². The van der Waals surface area contributed by atoms with Crippen LogP contribution in [0.25, 0.3) is 0 Å². The number of hydrogen-bond acceptors (Lipinski definition) is 4. The summed E-state index contributed by atoms with van der Waals surface area (Å²) in [6.07, 6.45) is -0.0551. The van der Waals surface area contributed by atoms with Crippen LogP contribution in [0.1, 0.15) is 18.2 Å². The Morgan fingerprint density at radius 1 is 1.53 bits per heavy atom. The summed E-state index contributed by atoms with van der Waals surface area (Å²) in [5.41, 5.74) is 3.89. The first-order chi connectivity index (χ1) is 8.84. The van der Waals surface area contributed by atoms with Crippen LogP contribution in [0.5, 0.6) is 0 Å². The van der Waals surface area contributed by atoms with E-state index >= 15 is 0 Å². The summed E-state index contributed by atoms with van der Waals surface area (Å²) >= 11 is 7.07. The molecule has 8 heteroatoms. The summed E-state index contributed by atoms with van der Waals surface area (Å²) in [5.74, 6) is -0.967. The fraction of sp³-hybridized carbons (Fsp3) is 0.364. The molecule has 1 aromatic rings. The first kappa shape index (κ1) is 13.8. The number of carbonyl (C=O) groups is 3. The van der Waals surface area contributed by atoms with Crippen molar-refractivity contribution in [3.8, 4) is 0 Å². The Balaban J connectivity index is 2.23. The van der Waals surface area contributed by atoms with Crippen molar-refractivity contribution in [3.63, 3.8) is 0 Å². The van der Waals surface area contributed by atoms with Crippen molar-refractivity contribution in [2.75, 3.05) is 6.54 Å². The zero-order valence-corrected chi connectivity index (χ0v) is 11.7. The second-order valence-electron chi connectivity index (χ2n) is 4.33. The van der Waals surface area contributed by atoms with Crippen LogP contribution in [-0.2, 0) is 15.1 Å². The predicted octanol–water partition coefficient (Wildman–Crippen LogP) is 1.04. The Bertz CT molecular complexity index is 559. The zero-order chi connectivity index (χ0) is 14.2. The fourth-order valence-electron chi connectivity index (χ4n) is 1.87. The normalized spacial score (nSPS) is 22.7. The van der Waals surface area contributed by atoms with Crippen molar-refractivity contribution >= 4 is 40.8 Å². The van der Waals surface area contributed by atoms with Crippen molar-refractivity contribution in [3.05, 3.63) is 21.3 Å². The smallest absolute Gasteiger partial charge is 0.325 e. The van der Waals surface area contributed by atoms with Crippen LogP contribution in [-0.4, -0.2) is 29.3 Å². The number of rotatable bonds is 4. The van der Waals surface area contributed by atoms with Gasteiger partial charge in [-0.25, -0.2) is 4.79 Å². The average molecular weight is 302 g/mol.